The van der Waals surface area contributed by atoms with Crippen LogP contribution in [-0.4, -0.2) is 55.4 Å². The summed E-state index contributed by atoms with van der Waals surface area (Å²) in [5.41, 5.74) is -4.44. The summed E-state index contributed by atoms with van der Waals surface area (Å²) in [6.45, 7) is 0.635. The highest BCUT2D eigenvalue weighted by Crippen LogP contribution is 2.36. The number of carboxylic acids is 1. The third kappa shape index (κ3) is 6.38. The number of aliphatic carboxylic acids is 1. The Morgan fingerprint density at radius 1 is 1.34 bits per heavy atom. The molecule has 1 aliphatic rings. The molecule has 1 saturated heterocycles. The predicted molar refractivity (Wildman–Crippen MR) is 112 cm³/mol. The Morgan fingerprint density at radius 2 is 2.00 bits per heavy atom. The lowest BCUT2D eigenvalue weighted by molar-refractivity contribution is -0.148. The van der Waals surface area contributed by atoms with Crippen LogP contribution in [0, 0.1) is 0 Å². The van der Waals surface area contributed by atoms with Crippen LogP contribution in [0.25, 0.3) is 0 Å². The van der Waals surface area contributed by atoms with E-state index in [-0.39, 0.29) is 18.4 Å². The van der Waals surface area contributed by atoms with Gasteiger partial charge in [0.25, 0.3) is 13.7 Å². The van der Waals surface area contributed by atoms with E-state index in [1.165, 1.54) is 19.1 Å². The number of halogens is 3. The van der Waals surface area contributed by atoms with Crippen molar-refractivity contribution in [1.29, 1.82) is 0 Å². The number of para-hydroxylation sites is 1. The molecule has 0 aliphatic carbocycles. The van der Waals surface area contributed by atoms with E-state index < -0.39 is 68.2 Å². The van der Waals surface area contributed by atoms with Gasteiger partial charge in [-0.25, -0.2) is 4.79 Å². The Labute approximate surface area is 195 Å². The van der Waals surface area contributed by atoms with Gasteiger partial charge in [0.15, 0.2) is 0 Å². The molecule has 3 N–H and O–H groups in total. The van der Waals surface area contributed by atoms with Crippen molar-refractivity contribution in [1.82, 2.24) is 14.4 Å². The predicted octanol–water partition coefficient (Wildman–Crippen LogP) is 1.38. The Bertz CT molecular complexity index is 1190. The molecule has 3 rings (SSSR count). The maximum absolute atomic E-state index is 13.0. The van der Waals surface area contributed by atoms with Gasteiger partial charge in [-0.15, -0.1) is 0 Å². The van der Waals surface area contributed by atoms with Crippen molar-refractivity contribution in [2.24, 2.45) is 0 Å². The van der Waals surface area contributed by atoms with Crippen LogP contribution in [0.15, 0.2) is 46.1 Å². The van der Waals surface area contributed by atoms with E-state index in [0.29, 0.717) is 9.40 Å². The zero-order valence-electron chi connectivity index (χ0n) is 18.0. The number of carbonyl (C=O) groups is 1. The first-order chi connectivity index (χ1) is 16.4. The minimum Gasteiger partial charge on any atom is -0.480 e. The van der Waals surface area contributed by atoms with Gasteiger partial charge in [0.05, 0.1) is 12.7 Å². The van der Waals surface area contributed by atoms with E-state index in [4.69, 9.17) is 14.1 Å². The van der Waals surface area contributed by atoms with Gasteiger partial charge in [0, 0.05) is 12.6 Å². The van der Waals surface area contributed by atoms with Crippen LogP contribution < -0.4 is 16.1 Å². The van der Waals surface area contributed by atoms with Crippen LogP contribution in [0.1, 0.15) is 25.1 Å². The molecule has 1 fully saturated rings. The van der Waals surface area contributed by atoms with Gasteiger partial charge in [-0.3, -0.25) is 23.7 Å². The standard InChI is InChI=1S/C19H21F3N3O9P/c1-10(17(28)29)25(34-11-5-3-2-4-6-11)35(31)32-9-14-13(26)7-15(33-14)24-8-12(19(20,21)22)16(27)23-18(24)30/h2-6,8,10,13-15,26,35H,7,9H2,1H3,(H,28,29)(H,23,27,30)/t10?,13-,14+,15+/m0/s1. The molecular formula is C19H21F3N3O9P. The molecule has 0 saturated carbocycles. The van der Waals surface area contributed by atoms with Crippen LogP contribution in [0.4, 0.5) is 13.2 Å². The first-order valence-corrected chi connectivity index (χ1v) is 11.3. The number of H-pyrrole nitrogens is 1. The van der Waals surface area contributed by atoms with E-state index in [2.05, 4.69) is 0 Å². The number of ether oxygens (including phenoxy) is 1. The third-order valence-electron chi connectivity index (χ3n) is 4.99. The van der Waals surface area contributed by atoms with Crippen LogP contribution in [0.5, 0.6) is 5.75 Å². The van der Waals surface area contributed by atoms with Gasteiger partial charge in [-0.1, -0.05) is 23.0 Å². The molecule has 16 heteroatoms. The van der Waals surface area contributed by atoms with Crippen LogP contribution in [-0.2, 0) is 24.8 Å². The first kappa shape index (κ1) is 26.6. The number of nitrogens with one attached hydrogen (secondary N) is 1. The van der Waals surface area contributed by atoms with Crippen molar-refractivity contribution in [3.63, 3.8) is 0 Å². The Hall–Kier alpha value is -2.97. The van der Waals surface area contributed by atoms with Gasteiger partial charge in [-0.05, 0) is 19.1 Å². The summed E-state index contributed by atoms with van der Waals surface area (Å²) in [5.74, 6) is -1.18. The summed E-state index contributed by atoms with van der Waals surface area (Å²) in [6.07, 6.45) is -9.06. The molecule has 0 amide bonds. The normalized spacial score (nSPS) is 22.2. The van der Waals surface area contributed by atoms with Gasteiger partial charge in [-0.2, -0.15) is 13.2 Å². The van der Waals surface area contributed by atoms with Crippen LogP contribution in [0.2, 0.25) is 0 Å². The summed E-state index contributed by atoms with van der Waals surface area (Å²) in [4.78, 5) is 42.4. The lowest BCUT2D eigenvalue weighted by Gasteiger charge is -2.25. The molecule has 1 aromatic carbocycles. The maximum atomic E-state index is 13.0. The molecule has 192 valence electrons. The van der Waals surface area contributed by atoms with E-state index >= 15 is 0 Å². The number of aliphatic hydroxyl groups excluding tert-OH is 1. The molecule has 0 spiro atoms. The summed E-state index contributed by atoms with van der Waals surface area (Å²) < 4.78 is 62.9. The fourth-order valence-electron chi connectivity index (χ4n) is 3.12. The monoisotopic (exact) mass is 523 g/mol. The molecule has 2 heterocycles. The van der Waals surface area contributed by atoms with E-state index in [9.17, 15) is 42.3 Å². The molecule has 2 unspecified atom stereocenters. The van der Waals surface area contributed by atoms with Gasteiger partial charge < -0.3 is 24.3 Å². The maximum Gasteiger partial charge on any atom is 0.423 e. The minimum absolute atomic E-state index is 0.178. The first-order valence-electron chi connectivity index (χ1n) is 10.1. The van der Waals surface area contributed by atoms with E-state index in [1.807, 2.05) is 0 Å². The largest absolute Gasteiger partial charge is 0.480 e. The number of alkyl halides is 3. The molecular weight excluding hydrogens is 502 g/mol. The summed E-state index contributed by atoms with van der Waals surface area (Å²) in [7, 11) is -3.38. The second kappa shape index (κ2) is 10.7. The topological polar surface area (TPSA) is 160 Å². The number of hydrogen-bond donors (Lipinski definition) is 3. The average molecular weight is 523 g/mol. The van der Waals surface area contributed by atoms with Crippen molar-refractivity contribution in [3.8, 4) is 5.75 Å². The van der Waals surface area contributed by atoms with Gasteiger partial charge in [0.1, 0.15) is 29.7 Å². The molecule has 0 bridgehead atoms. The van der Waals surface area contributed by atoms with E-state index in [0.717, 1.165) is 0 Å². The fourth-order valence-corrected chi connectivity index (χ4v) is 4.16. The number of nitrogens with zero attached hydrogens (tertiary/aromatic N) is 2. The average Bonchev–Trinajstić information content (AvgIpc) is 3.15. The van der Waals surface area contributed by atoms with E-state index in [1.54, 1.807) is 23.2 Å². The highest BCUT2D eigenvalue weighted by molar-refractivity contribution is 7.36. The lowest BCUT2D eigenvalue weighted by atomic mass is 10.2. The summed E-state index contributed by atoms with van der Waals surface area (Å²) in [5, 5.41) is 19.5. The number of aromatic amines is 1. The molecule has 0 radical (unpaired) electrons. The third-order valence-corrected chi connectivity index (χ3v) is 6.25. The highest BCUT2D eigenvalue weighted by atomic mass is 31.1. The molecule has 2 aromatic rings. The van der Waals surface area contributed by atoms with Crippen molar-refractivity contribution in [2.45, 2.75) is 44.0 Å². The number of hydrogen-bond acceptors (Lipinski definition) is 8. The van der Waals surface area contributed by atoms with Crippen molar-refractivity contribution >= 4 is 14.1 Å². The van der Waals surface area contributed by atoms with Crippen molar-refractivity contribution < 1.29 is 46.8 Å². The van der Waals surface area contributed by atoms with Crippen LogP contribution >= 0.6 is 8.18 Å². The fraction of sp³-hybridized carbons (Fsp3) is 0.421. The molecule has 1 aromatic heterocycles. The number of hydroxylamine groups is 1. The van der Waals surface area contributed by atoms with Crippen LogP contribution in [0.3, 0.4) is 0 Å². The smallest absolute Gasteiger partial charge is 0.423 e. The molecule has 35 heavy (non-hydrogen) atoms. The van der Waals surface area contributed by atoms with Crippen molar-refractivity contribution in [3.05, 3.63) is 62.9 Å². The second-order valence-electron chi connectivity index (χ2n) is 7.46. The quantitative estimate of drug-likeness (QED) is 0.324. The Morgan fingerprint density at radius 3 is 2.60 bits per heavy atom. The number of rotatable bonds is 9. The molecule has 12 nitrogen and oxygen atoms in total. The summed E-state index contributed by atoms with van der Waals surface area (Å²) in [6, 6.07) is 6.46. The Kier molecular flexibility index (Phi) is 8.18. The van der Waals surface area contributed by atoms with Crippen molar-refractivity contribution in [2.75, 3.05) is 6.61 Å². The Balaban J connectivity index is 1.71. The molecule has 5 atom stereocenters. The number of carboxylic acid groups (broad SMARTS) is 1. The molecule has 1 aliphatic heterocycles. The van der Waals surface area contributed by atoms with Gasteiger partial charge in [0.2, 0.25) is 0 Å². The minimum atomic E-state index is -5.04. The number of aliphatic hydroxyl groups is 1. The number of benzene rings is 1. The zero-order chi connectivity index (χ0) is 25.9. The SMILES string of the molecule is CC(C(=O)O)N(Oc1ccccc1)[PH](=O)OC[C@H]1O[C@@H](n2cc(C(F)(F)F)c(=O)[nH]c2=O)C[C@@H]1O. The summed E-state index contributed by atoms with van der Waals surface area (Å²) >= 11 is 0. The number of aromatic nitrogens is 2. The highest BCUT2D eigenvalue weighted by Gasteiger charge is 2.40. The zero-order valence-corrected chi connectivity index (χ0v) is 19.0. The lowest BCUT2D eigenvalue weighted by Crippen LogP contribution is -2.37. The van der Waals surface area contributed by atoms with Gasteiger partial charge >= 0.3 is 17.8 Å². The second-order valence-corrected chi connectivity index (χ2v) is 8.72.